The van der Waals surface area contributed by atoms with E-state index in [1.807, 2.05) is 12.1 Å². The highest BCUT2D eigenvalue weighted by atomic mass is 16.3. The molecule has 4 unspecified atom stereocenters. The second-order valence-electron chi connectivity index (χ2n) is 6.92. The molecule has 1 N–H and O–H groups in total. The van der Waals surface area contributed by atoms with Gasteiger partial charge in [-0.15, -0.1) is 6.42 Å². The number of aromatic hydroxyl groups is 1. The minimum Gasteiger partial charge on any atom is -0.508 e. The van der Waals surface area contributed by atoms with Crippen LogP contribution in [0.4, 0.5) is 0 Å². The van der Waals surface area contributed by atoms with Crippen LogP contribution < -0.4 is 0 Å². The number of hydrogen-bond donors (Lipinski definition) is 1. The number of terminal acetylenes is 1. The molecule has 3 aliphatic carbocycles. The Bertz CT molecular complexity index is 703. The quantitative estimate of drug-likeness (QED) is 0.692. The smallest absolute Gasteiger partial charge is 0.116 e. The minimum atomic E-state index is 0.189. The van der Waals surface area contributed by atoms with Crippen LogP contribution in [0.3, 0.4) is 0 Å². The predicted molar refractivity (Wildman–Crippen MR) is 85.7 cm³/mol. The van der Waals surface area contributed by atoms with Gasteiger partial charge in [0.2, 0.25) is 0 Å². The highest BCUT2D eigenvalue weighted by molar-refractivity contribution is 5.61. The van der Waals surface area contributed by atoms with E-state index < -0.39 is 0 Å². The first-order valence-corrected chi connectivity index (χ1v) is 7.82. The van der Waals surface area contributed by atoms with E-state index in [9.17, 15) is 5.11 Å². The number of phenols is 1. The van der Waals surface area contributed by atoms with Gasteiger partial charge in [-0.05, 0) is 60.3 Å². The number of benzene rings is 1. The molecule has 0 bridgehead atoms. The van der Waals surface area contributed by atoms with Crippen molar-refractivity contribution in [3.05, 3.63) is 47.1 Å². The third-order valence-electron chi connectivity index (χ3n) is 6.04. The van der Waals surface area contributed by atoms with Crippen molar-refractivity contribution < 1.29 is 5.11 Å². The number of fused-ring (bicyclic) bond motifs is 5. The topological polar surface area (TPSA) is 20.2 Å². The van der Waals surface area contributed by atoms with Crippen LogP contribution in [0, 0.1) is 29.6 Å². The van der Waals surface area contributed by atoms with Gasteiger partial charge in [-0.2, -0.15) is 0 Å². The monoisotopic (exact) mass is 276 g/mol. The van der Waals surface area contributed by atoms with Gasteiger partial charge in [-0.25, -0.2) is 0 Å². The van der Waals surface area contributed by atoms with Crippen LogP contribution in [0.1, 0.15) is 43.2 Å². The molecule has 1 nitrogen and oxygen atoms in total. The van der Waals surface area contributed by atoms with Crippen LogP contribution in [0.5, 0.6) is 5.75 Å². The van der Waals surface area contributed by atoms with Crippen LogP contribution in [-0.4, -0.2) is 5.11 Å². The maximum atomic E-state index is 9.68. The Balaban J connectivity index is 1.75. The molecular formula is C20H20O. The summed E-state index contributed by atoms with van der Waals surface area (Å²) in [5, 5.41) is 9.68. The maximum absolute atomic E-state index is 9.68. The average molecular weight is 276 g/mol. The Morgan fingerprint density at radius 3 is 3.05 bits per heavy atom. The summed E-state index contributed by atoms with van der Waals surface area (Å²) in [6.45, 7) is 2.35. The van der Waals surface area contributed by atoms with Gasteiger partial charge in [0.15, 0.2) is 0 Å². The predicted octanol–water partition coefficient (Wildman–Crippen LogP) is 4.50. The molecule has 0 spiro atoms. The van der Waals surface area contributed by atoms with Gasteiger partial charge in [-0.3, -0.25) is 0 Å². The van der Waals surface area contributed by atoms with E-state index in [0.29, 0.717) is 23.5 Å². The highest BCUT2D eigenvalue weighted by Gasteiger charge is 2.50. The molecule has 0 aliphatic heterocycles. The number of allylic oxidation sites excluding steroid dienone is 3. The molecule has 1 aromatic carbocycles. The number of hydrogen-bond acceptors (Lipinski definition) is 1. The molecule has 4 atom stereocenters. The summed E-state index contributed by atoms with van der Waals surface area (Å²) in [6, 6.07) is 5.82. The maximum Gasteiger partial charge on any atom is 0.116 e. The van der Waals surface area contributed by atoms with Crippen LogP contribution in [0.15, 0.2) is 35.9 Å². The molecule has 1 fully saturated rings. The van der Waals surface area contributed by atoms with Crippen molar-refractivity contribution in [2.24, 2.45) is 17.3 Å². The van der Waals surface area contributed by atoms with Gasteiger partial charge in [0.1, 0.15) is 5.75 Å². The van der Waals surface area contributed by atoms with Crippen LogP contribution in [-0.2, 0) is 0 Å². The Morgan fingerprint density at radius 2 is 2.24 bits per heavy atom. The van der Waals surface area contributed by atoms with Gasteiger partial charge in [0, 0.05) is 11.0 Å². The fourth-order valence-corrected chi connectivity index (χ4v) is 4.88. The summed E-state index contributed by atoms with van der Waals surface area (Å²) in [4.78, 5) is 0. The lowest BCUT2D eigenvalue weighted by Crippen LogP contribution is -2.39. The molecule has 4 rings (SSSR count). The zero-order valence-corrected chi connectivity index (χ0v) is 12.3. The summed E-state index contributed by atoms with van der Waals surface area (Å²) in [6.07, 6.45) is 16.0. The van der Waals surface area contributed by atoms with Gasteiger partial charge in [-0.1, -0.05) is 37.1 Å². The summed E-state index contributed by atoms with van der Waals surface area (Å²) < 4.78 is 0. The molecule has 3 aliphatic rings. The Labute approximate surface area is 126 Å². The third kappa shape index (κ3) is 1.65. The van der Waals surface area contributed by atoms with E-state index >= 15 is 0 Å². The summed E-state index contributed by atoms with van der Waals surface area (Å²) in [5.74, 6) is 5.06. The minimum absolute atomic E-state index is 0.189. The molecule has 0 aromatic heterocycles. The van der Waals surface area contributed by atoms with Gasteiger partial charge in [0.25, 0.3) is 0 Å². The van der Waals surface area contributed by atoms with Crippen molar-refractivity contribution in [1.29, 1.82) is 0 Å². The van der Waals surface area contributed by atoms with Gasteiger partial charge < -0.3 is 5.11 Å². The van der Waals surface area contributed by atoms with Crippen molar-refractivity contribution in [3.63, 3.8) is 0 Å². The van der Waals surface area contributed by atoms with Crippen molar-refractivity contribution in [2.75, 3.05) is 0 Å². The average Bonchev–Trinajstić information content (AvgIpc) is 2.83. The molecule has 1 aromatic rings. The molecule has 1 saturated carbocycles. The highest BCUT2D eigenvalue weighted by Crippen LogP contribution is 2.60. The van der Waals surface area contributed by atoms with Gasteiger partial charge >= 0.3 is 0 Å². The van der Waals surface area contributed by atoms with Crippen molar-refractivity contribution in [1.82, 2.24) is 0 Å². The normalized spacial score (nSPS) is 36.2. The lowest BCUT2D eigenvalue weighted by Gasteiger charge is -2.47. The largest absolute Gasteiger partial charge is 0.508 e. The second kappa shape index (κ2) is 4.28. The van der Waals surface area contributed by atoms with Crippen molar-refractivity contribution >= 4 is 6.08 Å². The first-order chi connectivity index (χ1) is 10.1. The van der Waals surface area contributed by atoms with Gasteiger partial charge in [0.05, 0.1) is 0 Å². The lowest BCUT2D eigenvalue weighted by atomic mass is 9.56. The summed E-state index contributed by atoms with van der Waals surface area (Å²) in [7, 11) is 0. The van der Waals surface area contributed by atoms with Crippen LogP contribution in [0.25, 0.3) is 6.08 Å². The molecular weight excluding hydrogens is 256 g/mol. The molecule has 0 saturated heterocycles. The molecule has 1 heteroatoms. The zero-order chi connectivity index (χ0) is 14.6. The van der Waals surface area contributed by atoms with Crippen LogP contribution in [0.2, 0.25) is 0 Å². The summed E-state index contributed by atoms with van der Waals surface area (Å²) in [5.41, 5.74) is 3.99. The fraction of sp³-hybridized carbons (Fsp3) is 0.400. The van der Waals surface area contributed by atoms with E-state index in [-0.39, 0.29) is 5.41 Å². The molecule has 0 radical (unpaired) electrons. The van der Waals surface area contributed by atoms with Crippen molar-refractivity contribution in [2.45, 2.75) is 32.1 Å². The number of phenolic OH excluding ortho intramolecular Hbond substituents is 1. The summed E-state index contributed by atoms with van der Waals surface area (Å²) >= 11 is 0. The molecule has 21 heavy (non-hydrogen) atoms. The first kappa shape index (κ1) is 12.8. The van der Waals surface area contributed by atoms with Crippen molar-refractivity contribution in [3.8, 4) is 18.1 Å². The van der Waals surface area contributed by atoms with E-state index in [4.69, 9.17) is 6.42 Å². The number of rotatable bonds is 0. The molecule has 0 heterocycles. The molecule has 106 valence electrons. The fourth-order valence-electron chi connectivity index (χ4n) is 4.88. The standard InChI is InChI=1S/C20H20O/c1-3-14-5-9-19-18-7-4-13-12-15(21)6-8-16(13)17(18)10-11-20(14,19)2/h1,4-8,12,17-19,21H,9-11H2,2H3. The van der Waals surface area contributed by atoms with E-state index in [0.717, 1.165) is 6.42 Å². The third-order valence-corrected chi connectivity index (χ3v) is 6.04. The Morgan fingerprint density at radius 1 is 1.38 bits per heavy atom. The lowest BCUT2D eigenvalue weighted by molar-refractivity contribution is 0.117. The first-order valence-electron chi connectivity index (χ1n) is 7.82. The second-order valence-corrected chi connectivity index (χ2v) is 6.92. The van der Waals surface area contributed by atoms with Crippen LogP contribution >= 0.6 is 0 Å². The van der Waals surface area contributed by atoms with E-state index in [1.165, 1.54) is 29.5 Å². The Hall–Kier alpha value is -1.94. The Kier molecular flexibility index (Phi) is 2.60. The van der Waals surface area contributed by atoms with E-state index in [2.05, 4.69) is 37.1 Å². The SMILES string of the molecule is C#CC1=CCC2C3C=Cc4cc(O)ccc4C3CCC12C. The van der Waals surface area contributed by atoms with E-state index in [1.54, 1.807) is 0 Å². The zero-order valence-electron chi connectivity index (χ0n) is 12.3. The molecule has 0 amide bonds.